The van der Waals surface area contributed by atoms with Gasteiger partial charge >= 0.3 is 0 Å². The largest absolute Gasteiger partial charge is 0.339 e. The Morgan fingerprint density at radius 3 is 1.82 bits per heavy atom. The van der Waals surface area contributed by atoms with Crippen LogP contribution in [-0.4, -0.2) is 23.9 Å². The van der Waals surface area contributed by atoms with Gasteiger partial charge in [0, 0.05) is 19.2 Å². The van der Waals surface area contributed by atoms with E-state index in [1.165, 1.54) is 0 Å². The summed E-state index contributed by atoms with van der Waals surface area (Å²) in [4.78, 5) is 12.7. The molecule has 0 atom stereocenters. The van der Waals surface area contributed by atoms with E-state index in [2.05, 4.69) is 0 Å². The summed E-state index contributed by atoms with van der Waals surface area (Å²) in [5.74, 6) is -7.57. The molecule has 0 aliphatic carbocycles. The number of benzene rings is 1. The molecule has 2 nitrogen and oxygen atoms in total. The maximum atomic E-state index is 13.3. The third-order valence-corrected chi connectivity index (χ3v) is 2.38. The fourth-order valence-electron chi connectivity index (χ4n) is 1.43. The SMILES string of the molecule is CCN(CC)C(=O)c1c(F)c(F)cc(F)c1F. The van der Waals surface area contributed by atoms with Crippen LogP contribution in [0.1, 0.15) is 24.2 Å². The van der Waals surface area contributed by atoms with Gasteiger partial charge in [-0.15, -0.1) is 0 Å². The lowest BCUT2D eigenvalue weighted by molar-refractivity contribution is 0.0760. The second kappa shape index (κ2) is 5.16. The molecule has 0 fully saturated rings. The summed E-state index contributed by atoms with van der Waals surface area (Å²) in [6.07, 6.45) is 0. The predicted octanol–water partition coefficient (Wildman–Crippen LogP) is 2.73. The fourth-order valence-corrected chi connectivity index (χ4v) is 1.43. The quantitative estimate of drug-likeness (QED) is 0.595. The normalized spacial score (nSPS) is 10.5. The molecular formula is C11H11F4NO. The fraction of sp³-hybridized carbons (Fsp3) is 0.364. The first kappa shape index (κ1) is 13.5. The van der Waals surface area contributed by atoms with Crippen molar-refractivity contribution in [2.75, 3.05) is 13.1 Å². The number of rotatable bonds is 3. The van der Waals surface area contributed by atoms with Crippen molar-refractivity contribution in [3.8, 4) is 0 Å². The first-order valence-corrected chi connectivity index (χ1v) is 5.06. The standard InChI is InChI=1S/C11H11F4NO/c1-3-16(4-2)11(17)8-9(14)6(12)5-7(13)10(8)15/h5H,3-4H2,1-2H3. The van der Waals surface area contributed by atoms with E-state index in [9.17, 15) is 22.4 Å². The van der Waals surface area contributed by atoms with Gasteiger partial charge in [0.2, 0.25) is 0 Å². The molecule has 0 saturated carbocycles. The third kappa shape index (κ3) is 2.40. The Bertz CT molecular complexity index is 417. The topological polar surface area (TPSA) is 20.3 Å². The molecule has 0 N–H and O–H groups in total. The molecule has 0 aliphatic rings. The minimum Gasteiger partial charge on any atom is -0.339 e. The lowest BCUT2D eigenvalue weighted by Gasteiger charge is -2.19. The van der Waals surface area contributed by atoms with Crippen molar-refractivity contribution in [2.45, 2.75) is 13.8 Å². The van der Waals surface area contributed by atoms with Gasteiger partial charge in [-0.25, -0.2) is 17.6 Å². The zero-order chi connectivity index (χ0) is 13.2. The Kier molecular flexibility index (Phi) is 4.09. The summed E-state index contributed by atoms with van der Waals surface area (Å²) in [6.45, 7) is 3.55. The highest BCUT2D eigenvalue weighted by Gasteiger charge is 2.27. The third-order valence-electron chi connectivity index (χ3n) is 2.38. The van der Waals surface area contributed by atoms with Crippen LogP contribution in [0.2, 0.25) is 0 Å². The molecule has 17 heavy (non-hydrogen) atoms. The van der Waals surface area contributed by atoms with Gasteiger partial charge in [-0.05, 0) is 13.8 Å². The van der Waals surface area contributed by atoms with Gasteiger partial charge in [-0.1, -0.05) is 0 Å². The zero-order valence-electron chi connectivity index (χ0n) is 9.36. The Morgan fingerprint density at radius 1 is 1.06 bits per heavy atom. The molecule has 1 amide bonds. The van der Waals surface area contributed by atoms with Crippen LogP contribution < -0.4 is 0 Å². The Hall–Kier alpha value is -1.59. The van der Waals surface area contributed by atoms with Crippen LogP contribution >= 0.6 is 0 Å². The number of amides is 1. The minimum absolute atomic E-state index is 0.0731. The molecule has 0 spiro atoms. The van der Waals surface area contributed by atoms with Crippen molar-refractivity contribution >= 4 is 5.91 Å². The molecule has 0 bridgehead atoms. The van der Waals surface area contributed by atoms with Crippen LogP contribution in [0.5, 0.6) is 0 Å². The van der Waals surface area contributed by atoms with E-state index in [1.54, 1.807) is 13.8 Å². The zero-order valence-corrected chi connectivity index (χ0v) is 9.36. The molecule has 0 unspecified atom stereocenters. The molecule has 1 rings (SSSR count). The van der Waals surface area contributed by atoms with Crippen LogP contribution in [0.15, 0.2) is 6.07 Å². The summed E-state index contributed by atoms with van der Waals surface area (Å²) in [5.41, 5.74) is -1.19. The molecular weight excluding hydrogens is 238 g/mol. The van der Waals surface area contributed by atoms with Crippen LogP contribution in [-0.2, 0) is 0 Å². The number of hydrogen-bond donors (Lipinski definition) is 0. The van der Waals surface area contributed by atoms with Gasteiger partial charge in [-0.3, -0.25) is 4.79 Å². The van der Waals surface area contributed by atoms with E-state index >= 15 is 0 Å². The van der Waals surface area contributed by atoms with E-state index in [4.69, 9.17) is 0 Å². The second-order valence-electron chi connectivity index (χ2n) is 3.32. The number of hydrogen-bond acceptors (Lipinski definition) is 1. The monoisotopic (exact) mass is 249 g/mol. The van der Waals surface area contributed by atoms with Crippen LogP contribution in [0.4, 0.5) is 17.6 Å². The smallest absolute Gasteiger partial charge is 0.260 e. The van der Waals surface area contributed by atoms with Crippen LogP contribution in [0.3, 0.4) is 0 Å². The van der Waals surface area contributed by atoms with Crippen molar-refractivity contribution in [2.24, 2.45) is 0 Å². The Morgan fingerprint density at radius 2 is 1.47 bits per heavy atom. The molecule has 0 heterocycles. The highest BCUT2D eigenvalue weighted by atomic mass is 19.2. The second-order valence-corrected chi connectivity index (χ2v) is 3.32. The number of carbonyl (C=O) groups is 1. The Labute approximate surface area is 95.8 Å². The van der Waals surface area contributed by atoms with Gasteiger partial charge in [0.15, 0.2) is 23.3 Å². The van der Waals surface area contributed by atoms with Gasteiger partial charge in [-0.2, -0.15) is 0 Å². The highest BCUT2D eigenvalue weighted by molar-refractivity contribution is 5.94. The summed E-state index contributed by atoms with van der Waals surface area (Å²) in [5, 5.41) is 0. The van der Waals surface area contributed by atoms with Crippen LogP contribution in [0.25, 0.3) is 0 Å². The van der Waals surface area contributed by atoms with Crippen LogP contribution in [0, 0.1) is 23.3 Å². The molecule has 1 aromatic rings. The van der Waals surface area contributed by atoms with Gasteiger partial charge in [0.1, 0.15) is 5.56 Å². The predicted molar refractivity (Wildman–Crippen MR) is 53.5 cm³/mol. The van der Waals surface area contributed by atoms with Crippen molar-refractivity contribution < 1.29 is 22.4 Å². The minimum atomic E-state index is -1.67. The first-order valence-electron chi connectivity index (χ1n) is 5.06. The van der Waals surface area contributed by atoms with E-state index < -0.39 is 34.7 Å². The molecule has 1 aromatic carbocycles. The molecule has 0 aliphatic heterocycles. The van der Waals surface area contributed by atoms with Gasteiger partial charge in [0.25, 0.3) is 5.91 Å². The lowest BCUT2D eigenvalue weighted by atomic mass is 10.1. The van der Waals surface area contributed by atoms with Crippen molar-refractivity contribution in [3.63, 3.8) is 0 Å². The molecule has 0 aromatic heterocycles. The number of carbonyl (C=O) groups excluding carboxylic acids is 1. The lowest BCUT2D eigenvalue weighted by Crippen LogP contribution is -2.32. The first-order chi connectivity index (χ1) is 7.93. The molecule has 94 valence electrons. The van der Waals surface area contributed by atoms with Crippen molar-refractivity contribution in [1.29, 1.82) is 0 Å². The summed E-state index contributed by atoms with van der Waals surface area (Å²) < 4.78 is 52.4. The summed E-state index contributed by atoms with van der Waals surface area (Å²) >= 11 is 0. The number of nitrogens with zero attached hydrogens (tertiary/aromatic N) is 1. The highest BCUT2D eigenvalue weighted by Crippen LogP contribution is 2.20. The summed E-state index contributed by atoms with van der Waals surface area (Å²) in [7, 11) is 0. The number of halogens is 4. The van der Waals surface area contributed by atoms with E-state index in [0.717, 1.165) is 4.90 Å². The summed E-state index contributed by atoms with van der Waals surface area (Å²) in [6, 6.07) is 0.0731. The average Bonchev–Trinajstić information content (AvgIpc) is 2.28. The molecule has 0 saturated heterocycles. The van der Waals surface area contributed by atoms with Gasteiger partial charge in [0.05, 0.1) is 0 Å². The maximum Gasteiger partial charge on any atom is 0.260 e. The molecule has 6 heteroatoms. The molecule has 0 radical (unpaired) electrons. The van der Waals surface area contributed by atoms with E-state index in [-0.39, 0.29) is 19.2 Å². The average molecular weight is 249 g/mol. The van der Waals surface area contributed by atoms with E-state index in [1.807, 2.05) is 0 Å². The van der Waals surface area contributed by atoms with Crippen molar-refractivity contribution in [3.05, 3.63) is 34.9 Å². The van der Waals surface area contributed by atoms with Gasteiger partial charge < -0.3 is 4.90 Å². The van der Waals surface area contributed by atoms with E-state index in [0.29, 0.717) is 0 Å². The Balaban J connectivity index is 3.35. The maximum absolute atomic E-state index is 13.3. The van der Waals surface area contributed by atoms with Crippen molar-refractivity contribution in [1.82, 2.24) is 4.90 Å².